The Balaban J connectivity index is 1.82. The first-order chi connectivity index (χ1) is 9.54. The van der Waals surface area contributed by atoms with Gasteiger partial charge >= 0.3 is 0 Å². The quantitative estimate of drug-likeness (QED) is 0.836. The fourth-order valence-electron chi connectivity index (χ4n) is 2.01. The van der Waals surface area contributed by atoms with E-state index in [1.165, 1.54) is 4.88 Å². The Morgan fingerprint density at radius 1 is 1.25 bits per heavy atom. The van der Waals surface area contributed by atoms with E-state index in [4.69, 9.17) is 23.2 Å². The largest absolute Gasteiger partial charge is 0.388 e. The van der Waals surface area contributed by atoms with Crippen LogP contribution in [0.3, 0.4) is 0 Å². The molecule has 2 rings (SSSR count). The number of aliphatic hydroxyl groups is 1. The van der Waals surface area contributed by atoms with Crippen molar-refractivity contribution in [3.8, 4) is 0 Å². The average Bonchev–Trinajstić information content (AvgIpc) is 2.81. The molecule has 20 heavy (non-hydrogen) atoms. The Labute approximate surface area is 133 Å². The van der Waals surface area contributed by atoms with Crippen LogP contribution in [0.5, 0.6) is 0 Å². The second-order valence-electron chi connectivity index (χ2n) is 4.80. The fraction of sp³-hybridized carbons (Fsp3) is 0.333. The van der Waals surface area contributed by atoms with E-state index >= 15 is 0 Å². The first kappa shape index (κ1) is 15.8. The molecule has 1 N–H and O–H groups in total. The maximum Gasteiger partial charge on any atom is 0.0931 e. The van der Waals surface area contributed by atoms with Crippen LogP contribution in [0.1, 0.15) is 23.0 Å². The molecule has 0 bridgehead atoms. The third-order valence-corrected chi connectivity index (χ3v) is 4.52. The molecule has 0 amide bonds. The highest BCUT2D eigenvalue weighted by atomic mass is 35.5. The van der Waals surface area contributed by atoms with Crippen LogP contribution in [-0.2, 0) is 6.54 Å². The molecule has 0 aliphatic rings. The maximum absolute atomic E-state index is 10.2. The molecule has 5 heteroatoms. The van der Waals surface area contributed by atoms with Gasteiger partial charge in [-0.2, -0.15) is 0 Å². The van der Waals surface area contributed by atoms with Crippen molar-refractivity contribution in [1.29, 1.82) is 0 Å². The van der Waals surface area contributed by atoms with Crippen molar-refractivity contribution in [2.24, 2.45) is 0 Å². The molecule has 0 spiro atoms. The number of halogens is 2. The number of benzene rings is 1. The van der Waals surface area contributed by atoms with Gasteiger partial charge < -0.3 is 10.0 Å². The van der Waals surface area contributed by atoms with Gasteiger partial charge in [0, 0.05) is 23.0 Å². The minimum absolute atomic E-state index is 0.483. The standard InChI is InChI=1S/C15H17Cl2NOS/c1-18(10-13-5-6-15(17)20-13)8-7-14(19)11-3-2-4-12(16)9-11/h2-6,9,14,19H,7-8,10H2,1H3. The Morgan fingerprint density at radius 2 is 2.05 bits per heavy atom. The molecule has 2 nitrogen and oxygen atoms in total. The van der Waals surface area contributed by atoms with Crippen LogP contribution in [0.4, 0.5) is 0 Å². The van der Waals surface area contributed by atoms with Crippen molar-refractivity contribution in [2.45, 2.75) is 19.1 Å². The highest BCUT2D eigenvalue weighted by molar-refractivity contribution is 7.16. The third-order valence-electron chi connectivity index (χ3n) is 3.07. The van der Waals surface area contributed by atoms with E-state index in [9.17, 15) is 5.11 Å². The Hall–Kier alpha value is -0.580. The molecule has 0 fully saturated rings. The first-order valence-electron chi connectivity index (χ1n) is 6.41. The minimum atomic E-state index is -0.483. The lowest BCUT2D eigenvalue weighted by molar-refractivity contribution is 0.148. The summed E-state index contributed by atoms with van der Waals surface area (Å²) in [5.74, 6) is 0. The van der Waals surface area contributed by atoms with Crippen LogP contribution >= 0.6 is 34.5 Å². The molecule has 108 valence electrons. The van der Waals surface area contributed by atoms with Gasteiger partial charge in [-0.05, 0) is 43.3 Å². The van der Waals surface area contributed by atoms with Crippen molar-refractivity contribution in [3.63, 3.8) is 0 Å². The SMILES string of the molecule is CN(CCC(O)c1cccc(Cl)c1)Cc1ccc(Cl)s1. The van der Waals surface area contributed by atoms with Gasteiger partial charge in [0.2, 0.25) is 0 Å². The van der Waals surface area contributed by atoms with Crippen molar-refractivity contribution in [2.75, 3.05) is 13.6 Å². The summed E-state index contributed by atoms with van der Waals surface area (Å²) in [4.78, 5) is 3.41. The van der Waals surface area contributed by atoms with Gasteiger partial charge in [-0.25, -0.2) is 0 Å². The van der Waals surface area contributed by atoms with Gasteiger partial charge in [0.1, 0.15) is 0 Å². The van der Waals surface area contributed by atoms with E-state index < -0.39 is 6.10 Å². The van der Waals surface area contributed by atoms with Crippen molar-refractivity contribution < 1.29 is 5.11 Å². The zero-order valence-corrected chi connectivity index (χ0v) is 13.5. The number of aliphatic hydroxyl groups excluding tert-OH is 1. The zero-order chi connectivity index (χ0) is 14.5. The van der Waals surface area contributed by atoms with Crippen LogP contribution in [0.2, 0.25) is 9.36 Å². The molecule has 1 aromatic carbocycles. The van der Waals surface area contributed by atoms with Gasteiger partial charge in [0.25, 0.3) is 0 Å². The van der Waals surface area contributed by atoms with Gasteiger partial charge in [0.15, 0.2) is 0 Å². The van der Waals surface area contributed by atoms with Crippen LogP contribution in [0, 0.1) is 0 Å². The average molecular weight is 330 g/mol. The van der Waals surface area contributed by atoms with Crippen molar-refractivity contribution in [1.82, 2.24) is 4.90 Å². The highest BCUT2D eigenvalue weighted by Gasteiger charge is 2.10. The molecule has 1 atom stereocenters. The molecule has 0 aliphatic carbocycles. The lowest BCUT2D eigenvalue weighted by Gasteiger charge is -2.18. The lowest BCUT2D eigenvalue weighted by Crippen LogP contribution is -2.20. The van der Waals surface area contributed by atoms with E-state index in [-0.39, 0.29) is 0 Å². The minimum Gasteiger partial charge on any atom is -0.388 e. The molecule has 0 saturated carbocycles. The maximum atomic E-state index is 10.2. The zero-order valence-electron chi connectivity index (χ0n) is 11.2. The number of thiophene rings is 1. The molecule has 1 aromatic heterocycles. The summed E-state index contributed by atoms with van der Waals surface area (Å²) in [6, 6.07) is 11.3. The highest BCUT2D eigenvalue weighted by Crippen LogP contribution is 2.23. The van der Waals surface area contributed by atoms with E-state index in [1.807, 2.05) is 43.4 Å². The second kappa shape index (κ2) is 7.43. The van der Waals surface area contributed by atoms with Crippen LogP contribution in [-0.4, -0.2) is 23.6 Å². The monoisotopic (exact) mass is 329 g/mol. The van der Waals surface area contributed by atoms with E-state index in [1.54, 1.807) is 11.3 Å². The summed E-state index contributed by atoms with van der Waals surface area (Å²) in [6.45, 7) is 1.66. The van der Waals surface area contributed by atoms with E-state index in [0.717, 1.165) is 23.0 Å². The summed E-state index contributed by atoms with van der Waals surface area (Å²) in [5, 5.41) is 10.8. The summed E-state index contributed by atoms with van der Waals surface area (Å²) in [7, 11) is 2.04. The molecule has 2 aromatic rings. The van der Waals surface area contributed by atoms with Crippen molar-refractivity contribution >= 4 is 34.5 Å². The first-order valence-corrected chi connectivity index (χ1v) is 7.98. The molecule has 1 unspecified atom stereocenters. The van der Waals surface area contributed by atoms with Gasteiger partial charge in [-0.1, -0.05) is 35.3 Å². The molecule has 0 saturated heterocycles. The lowest BCUT2D eigenvalue weighted by atomic mass is 10.1. The predicted molar refractivity (Wildman–Crippen MR) is 86.7 cm³/mol. The Bertz CT molecular complexity index is 558. The molecule has 0 radical (unpaired) electrons. The van der Waals surface area contributed by atoms with Crippen molar-refractivity contribution in [3.05, 3.63) is 56.2 Å². The predicted octanol–water partition coefficient (Wildman–Crippen LogP) is 4.61. The molecule has 1 heterocycles. The van der Waals surface area contributed by atoms with E-state index in [0.29, 0.717) is 11.4 Å². The summed E-state index contributed by atoms with van der Waals surface area (Å²) >= 11 is 13.4. The summed E-state index contributed by atoms with van der Waals surface area (Å²) < 4.78 is 0.812. The molecular formula is C15H17Cl2NOS. The third kappa shape index (κ3) is 4.76. The van der Waals surface area contributed by atoms with Gasteiger partial charge in [0.05, 0.1) is 10.4 Å². The summed E-state index contributed by atoms with van der Waals surface area (Å²) in [5.41, 5.74) is 0.866. The summed E-state index contributed by atoms with van der Waals surface area (Å²) in [6.07, 6.45) is 0.193. The van der Waals surface area contributed by atoms with Crippen LogP contribution in [0.15, 0.2) is 36.4 Å². The van der Waals surface area contributed by atoms with Crippen LogP contribution in [0.25, 0.3) is 0 Å². The smallest absolute Gasteiger partial charge is 0.0931 e. The van der Waals surface area contributed by atoms with Crippen LogP contribution < -0.4 is 0 Å². The fourth-order valence-corrected chi connectivity index (χ4v) is 3.37. The normalized spacial score (nSPS) is 12.8. The number of hydrogen-bond acceptors (Lipinski definition) is 3. The topological polar surface area (TPSA) is 23.5 Å². The number of hydrogen-bond donors (Lipinski definition) is 1. The van der Waals surface area contributed by atoms with E-state index in [2.05, 4.69) is 4.90 Å². The van der Waals surface area contributed by atoms with Gasteiger partial charge in [-0.3, -0.25) is 0 Å². The Kier molecular flexibility index (Phi) is 5.87. The molecular weight excluding hydrogens is 313 g/mol. The Morgan fingerprint density at radius 3 is 2.70 bits per heavy atom. The van der Waals surface area contributed by atoms with Gasteiger partial charge in [-0.15, -0.1) is 11.3 Å². The number of rotatable bonds is 6. The number of nitrogens with zero attached hydrogens (tertiary/aromatic N) is 1. The second-order valence-corrected chi connectivity index (χ2v) is 7.04. The molecule has 0 aliphatic heterocycles.